The van der Waals surface area contributed by atoms with Crippen LogP contribution in [0.4, 0.5) is 0 Å². The van der Waals surface area contributed by atoms with E-state index in [9.17, 15) is 9.90 Å². The van der Waals surface area contributed by atoms with Crippen molar-refractivity contribution >= 4 is 5.91 Å². The lowest BCUT2D eigenvalue weighted by atomic mass is 9.93. The Labute approximate surface area is 154 Å². The van der Waals surface area contributed by atoms with E-state index in [2.05, 4.69) is 5.10 Å². The topological polar surface area (TPSA) is 67.6 Å². The molecule has 0 radical (unpaired) electrons. The predicted octanol–water partition coefficient (Wildman–Crippen LogP) is 2.32. The van der Waals surface area contributed by atoms with Crippen LogP contribution in [0.15, 0.2) is 36.5 Å². The van der Waals surface area contributed by atoms with Crippen LogP contribution in [-0.2, 0) is 11.3 Å². The third kappa shape index (κ3) is 4.64. The second kappa shape index (κ2) is 7.91. The minimum absolute atomic E-state index is 0.0483. The van der Waals surface area contributed by atoms with E-state index in [0.717, 1.165) is 23.4 Å². The minimum atomic E-state index is -1.00. The van der Waals surface area contributed by atoms with E-state index >= 15 is 0 Å². The number of nitrogens with zero attached hydrogens (tertiary/aromatic N) is 3. The first-order chi connectivity index (χ1) is 12.5. The molecule has 0 saturated carbocycles. The summed E-state index contributed by atoms with van der Waals surface area (Å²) in [6, 6.07) is 9.68. The highest BCUT2D eigenvalue weighted by atomic mass is 16.5. The minimum Gasteiger partial charge on any atom is -0.490 e. The Morgan fingerprint density at radius 2 is 2.12 bits per heavy atom. The highest BCUT2D eigenvalue weighted by Gasteiger charge is 2.36. The largest absolute Gasteiger partial charge is 0.490 e. The maximum Gasteiger partial charge on any atom is 0.224 e. The summed E-state index contributed by atoms with van der Waals surface area (Å²) in [5.74, 6) is 0.825. The molecule has 1 atom stereocenters. The Bertz CT molecular complexity index is 758. The second-order valence-electron chi connectivity index (χ2n) is 7.17. The average Bonchev–Trinajstić information content (AvgIpc) is 3.04. The van der Waals surface area contributed by atoms with Crippen molar-refractivity contribution in [3.05, 3.63) is 47.8 Å². The van der Waals surface area contributed by atoms with E-state index in [0.29, 0.717) is 32.5 Å². The number of aryl methyl sites for hydroxylation is 3. The summed E-state index contributed by atoms with van der Waals surface area (Å²) >= 11 is 0. The van der Waals surface area contributed by atoms with Crippen LogP contribution >= 0.6 is 0 Å². The normalized spacial score (nSPS) is 20.2. The van der Waals surface area contributed by atoms with Crippen LogP contribution in [0, 0.1) is 13.8 Å². The quantitative estimate of drug-likeness (QED) is 0.862. The number of aliphatic hydroxyl groups is 1. The number of rotatable bonds is 6. The number of hydrogen-bond donors (Lipinski definition) is 1. The smallest absolute Gasteiger partial charge is 0.224 e. The summed E-state index contributed by atoms with van der Waals surface area (Å²) in [6.45, 7) is 5.66. The van der Waals surface area contributed by atoms with Gasteiger partial charge in [-0.15, -0.1) is 0 Å². The first-order valence-corrected chi connectivity index (χ1v) is 9.14. The van der Waals surface area contributed by atoms with Crippen molar-refractivity contribution in [1.29, 1.82) is 0 Å². The van der Waals surface area contributed by atoms with Gasteiger partial charge in [0.2, 0.25) is 5.91 Å². The molecule has 1 aliphatic rings. The first kappa shape index (κ1) is 18.5. The van der Waals surface area contributed by atoms with E-state index < -0.39 is 5.60 Å². The average molecular weight is 357 g/mol. The lowest BCUT2D eigenvalue weighted by Gasteiger charge is -2.39. The molecule has 1 aromatic carbocycles. The van der Waals surface area contributed by atoms with E-state index in [4.69, 9.17) is 4.74 Å². The second-order valence-corrected chi connectivity index (χ2v) is 7.17. The van der Waals surface area contributed by atoms with Gasteiger partial charge in [0.25, 0.3) is 0 Å². The molecular weight excluding hydrogens is 330 g/mol. The van der Waals surface area contributed by atoms with Gasteiger partial charge in [-0.2, -0.15) is 5.10 Å². The maximum atomic E-state index is 12.5. The lowest BCUT2D eigenvalue weighted by Crippen LogP contribution is -2.53. The van der Waals surface area contributed by atoms with Gasteiger partial charge in [-0.25, -0.2) is 0 Å². The molecule has 140 valence electrons. The Morgan fingerprint density at radius 3 is 2.85 bits per heavy atom. The first-order valence-electron chi connectivity index (χ1n) is 9.14. The molecular formula is C20H27N3O3. The number of para-hydroxylation sites is 1. The van der Waals surface area contributed by atoms with Crippen molar-refractivity contribution in [2.24, 2.45) is 0 Å². The number of benzene rings is 1. The fraction of sp³-hybridized carbons (Fsp3) is 0.500. The number of likely N-dealkylation sites (tertiary alicyclic amines) is 1. The van der Waals surface area contributed by atoms with Crippen LogP contribution in [0.5, 0.6) is 5.75 Å². The van der Waals surface area contributed by atoms with Crippen molar-refractivity contribution in [3.8, 4) is 5.75 Å². The molecule has 0 aliphatic carbocycles. The number of carbonyl (C=O) groups excluding carboxylic acids is 1. The fourth-order valence-corrected chi connectivity index (χ4v) is 3.33. The van der Waals surface area contributed by atoms with Crippen molar-refractivity contribution in [1.82, 2.24) is 14.7 Å². The molecule has 0 spiro atoms. The summed E-state index contributed by atoms with van der Waals surface area (Å²) < 4.78 is 7.62. The highest BCUT2D eigenvalue weighted by Crippen LogP contribution is 2.24. The Balaban J connectivity index is 1.53. The summed E-state index contributed by atoms with van der Waals surface area (Å²) in [5.41, 5.74) is 0.978. The molecule has 0 bridgehead atoms. The van der Waals surface area contributed by atoms with Crippen molar-refractivity contribution < 1.29 is 14.6 Å². The van der Waals surface area contributed by atoms with Crippen molar-refractivity contribution in [3.63, 3.8) is 0 Å². The fourth-order valence-electron chi connectivity index (χ4n) is 3.33. The van der Waals surface area contributed by atoms with Crippen LogP contribution in [0.25, 0.3) is 0 Å². The van der Waals surface area contributed by atoms with Crippen LogP contribution in [0.3, 0.4) is 0 Å². The molecule has 6 nitrogen and oxygen atoms in total. The van der Waals surface area contributed by atoms with Crippen LogP contribution in [0.2, 0.25) is 0 Å². The molecule has 1 aromatic heterocycles. The van der Waals surface area contributed by atoms with Crippen LogP contribution < -0.4 is 4.74 Å². The Hall–Kier alpha value is -2.34. The molecule has 1 aliphatic heterocycles. The van der Waals surface area contributed by atoms with Gasteiger partial charge in [0.15, 0.2) is 0 Å². The third-order valence-corrected chi connectivity index (χ3v) is 4.83. The monoisotopic (exact) mass is 357 g/mol. The van der Waals surface area contributed by atoms with Gasteiger partial charge in [0.05, 0.1) is 12.2 Å². The van der Waals surface area contributed by atoms with Crippen molar-refractivity contribution in [2.75, 3.05) is 19.7 Å². The molecule has 2 aromatic rings. The number of β-amino-alcohol motifs (C(OH)–C–C–N with tert-alkyl or cyclic N) is 1. The SMILES string of the molecule is Cc1ccn(CCC(=O)N2CCC[C@](O)(COc3ccccc3C)C2)n1. The van der Waals surface area contributed by atoms with Gasteiger partial charge < -0.3 is 14.7 Å². The number of hydrogen-bond acceptors (Lipinski definition) is 4. The standard InChI is InChI=1S/C20H27N3O3/c1-16-6-3-4-7-18(16)26-15-20(25)10-5-11-22(14-20)19(24)9-13-23-12-8-17(2)21-23/h3-4,6-8,12,25H,5,9-11,13-15H2,1-2H3/t20-/m1/s1. The number of aromatic nitrogens is 2. The zero-order valence-electron chi connectivity index (χ0n) is 15.5. The molecule has 3 rings (SSSR count). The number of piperidine rings is 1. The molecule has 6 heteroatoms. The molecule has 1 amide bonds. The maximum absolute atomic E-state index is 12.5. The summed E-state index contributed by atoms with van der Waals surface area (Å²) in [4.78, 5) is 14.3. The zero-order chi connectivity index (χ0) is 18.6. The van der Waals surface area contributed by atoms with Crippen LogP contribution in [0.1, 0.15) is 30.5 Å². The zero-order valence-corrected chi connectivity index (χ0v) is 15.5. The van der Waals surface area contributed by atoms with Gasteiger partial charge in [-0.3, -0.25) is 9.48 Å². The molecule has 0 unspecified atom stereocenters. The van der Waals surface area contributed by atoms with Gasteiger partial charge in [0, 0.05) is 25.7 Å². The van der Waals surface area contributed by atoms with Crippen LogP contribution in [-0.4, -0.2) is 51.0 Å². The third-order valence-electron chi connectivity index (χ3n) is 4.83. The van der Waals surface area contributed by atoms with Gasteiger partial charge in [-0.1, -0.05) is 18.2 Å². The van der Waals surface area contributed by atoms with Gasteiger partial charge in [0.1, 0.15) is 18.0 Å². The summed E-state index contributed by atoms with van der Waals surface area (Å²) in [7, 11) is 0. The molecule has 26 heavy (non-hydrogen) atoms. The Morgan fingerprint density at radius 1 is 1.31 bits per heavy atom. The van der Waals surface area contributed by atoms with E-state index in [1.54, 1.807) is 9.58 Å². The summed E-state index contributed by atoms with van der Waals surface area (Å²) in [5, 5.41) is 15.2. The van der Waals surface area contributed by atoms with E-state index in [1.165, 1.54) is 0 Å². The number of carbonyl (C=O) groups is 1. The number of ether oxygens (including phenoxy) is 1. The van der Waals surface area contributed by atoms with Gasteiger partial charge >= 0.3 is 0 Å². The predicted molar refractivity (Wildman–Crippen MR) is 99.0 cm³/mol. The lowest BCUT2D eigenvalue weighted by molar-refractivity contribution is -0.140. The highest BCUT2D eigenvalue weighted by molar-refractivity contribution is 5.76. The summed E-state index contributed by atoms with van der Waals surface area (Å²) in [6.07, 6.45) is 3.68. The molecule has 1 saturated heterocycles. The molecule has 1 fully saturated rings. The molecule has 1 N–H and O–H groups in total. The van der Waals surface area contributed by atoms with E-state index in [-0.39, 0.29) is 12.5 Å². The van der Waals surface area contributed by atoms with Crippen molar-refractivity contribution in [2.45, 2.75) is 45.3 Å². The number of amides is 1. The van der Waals surface area contributed by atoms with Gasteiger partial charge in [-0.05, 0) is 44.4 Å². The van der Waals surface area contributed by atoms with E-state index in [1.807, 2.05) is 50.4 Å². The molecule has 2 heterocycles. The Kier molecular flexibility index (Phi) is 5.61.